The highest BCUT2D eigenvalue weighted by atomic mass is 35.5. The summed E-state index contributed by atoms with van der Waals surface area (Å²) in [7, 11) is 0. The highest BCUT2D eigenvalue weighted by molar-refractivity contribution is 6.35. The topological polar surface area (TPSA) is 61.4 Å². The number of urea groups is 1. The van der Waals surface area contributed by atoms with E-state index in [-0.39, 0.29) is 6.03 Å². The summed E-state index contributed by atoms with van der Waals surface area (Å²) in [5.74, 6) is 0.813. The third-order valence-corrected chi connectivity index (χ3v) is 5.44. The Morgan fingerprint density at radius 3 is 2.17 bits per heavy atom. The van der Waals surface area contributed by atoms with E-state index in [1.807, 2.05) is 24.3 Å². The zero-order valence-corrected chi connectivity index (χ0v) is 18.0. The molecule has 0 saturated carbocycles. The third-order valence-electron chi connectivity index (χ3n) is 5.00. The van der Waals surface area contributed by atoms with Crippen molar-refractivity contribution in [1.82, 2.24) is 15.1 Å². The van der Waals surface area contributed by atoms with Crippen LogP contribution in [0.5, 0.6) is 0 Å². The second kappa shape index (κ2) is 8.90. The van der Waals surface area contributed by atoms with Crippen molar-refractivity contribution in [3.63, 3.8) is 0 Å². The van der Waals surface area contributed by atoms with Crippen molar-refractivity contribution in [1.29, 1.82) is 0 Å². The number of anilines is 2. The van der Waals surface area contributed by atoms with Crippen LogP contribution >= 0.6 is 23.2 Å². The van der Waals surface area contributed by atoms with E-state index in [1.165, 1.54) is 5.56 Å². The molecule has 1 aromatic heterocycles. The summed E-state index contributed by atoms with van der Waals surface area (Å²) in [6, 6.07) is 17.0. The second-order valence-electron chi connectivity index (χ2n) is 7.21. The number of piperazine rings is 1. The van der Waals surface area contributed by atoms with Crippen LogP contribution in [-0.2, 0) is 0 Å². The molecular formula is C22H21Cl2N5O. The number of nitrogens with zero attached hydrogens (tertiary/aromatic N) is 4. The largest absolute Gasteiger partial charge is 0.352 e. The lowest BCUT2D eigenvalue weighted by molar-refractivity contribution is 0.208. The van der Waals surface area contributed by atoms with E-state index in [1.54, 1.807) is 23.1 Å². The number of hydrogen-bond donors (Lipinski definition) is 1. The van der Waals surface area contributed by atoms with Gasteiger partial charge in [-0.1, -0.05) is 53.0 Å². The van der Waals surface area contributed by atoms with Crippen molar-refractivity contribution >= 4 is 40.7 Å². The molecule has 1 aliphatic rings. The Labute approximate surface area is 185 Å². The number of halogens is 2. The fourth-order valence-electron chi connectivity index (χ4n) is 3.34. The van der Waals surface area contributed by atoms with Crippen molar-refractivity contribution in [3.8, 4) is 11.3 Å². The van der Waals surface area contributed by atoms with Gasteiger partial charge in [-0.2, -0.15) is 0 Å². The predicted molar refractivity (Wildman–Crippen MR) is 121 cm³/mol. The number of benzene rings is 2. The Morgan fingerprint density at radius 1 is 0.900 bits per heavy atom. The van der Waals surface area contributed by atoms with E-state index in [4.69, 9.17) is 23.2 Å². The molecule has 1 aliphatic heterocycles. The maximum Gasteiger partial charge on any atom is 0.321 e. The van der Waals surface area contributed by atoms with E-state index in [9.17, 15) is 4.79 Å². The molecule has 154 valence electrons. The zero-order valence-electron chi connectivity index (χ0n) is 16.5. The van der Waals surface area contributed by atoms with Crippen LogP contribution < -0.4 is 10.2 Å². The normalized spacial score (nSPS) is 14.0. The van der Waals surface area contributed by atoms with Gasteiger partial charge < -0.3 is 15.1 Å². The number of carbonyl (C=O) groups is 1. The highest BCUT2D eigenvalue weighted by Gasteiger charge is 2.22. The van der Waals surface area contributed by atoms with Gasteiger partial charge in [0.05, 0.1) is 5.69 Å². The van der Waals surface area contributed by atoms with Crippen molar-refractivity contribution < 1.29 is 4.79 Å². The van der Waals surface area contributed by atoms with Crippen LogP contribution in [0.25, 0.3) is 11.3 Å². The van der Waals surface area contributed by atoms with Crippen LogP contribution in [0, 0.1) is 6.92 Å². The van der Waals surface area contributed by atoms with Gasteiger partial charge in [0.2, 0.25) is 0 Å². The first kappa shape index (κ1) is 20.4. The molecule has 1 N–H and O–H groups in total. The van der Waals surface area contributed by atoms with E-state index < -0.39 is 0 Å². The van der Waals surface area contributed by atoms with Gasteiger partial charge in [0.1, 0.15) is 0 Å². The van der Waals surface area contributed by atoms with Gasteiger partial charge in [0.25, 0.3) is 0 Å². The summed E-state index contributed by atoms with van der Waals surface area (Å²) in [6.07, 6.45) is 0. The van der Waals surface area contributed by atoms with Crippen LogP contribution in [-0.4, -0.2) is 47.3 Å². The fourth-order valence-corrected chi connectivity index (χ4v) is 3.87. The molecule has 30 heavy (non-hydrogen) atoms. The first-order valence-electron chi connectivity index (χ1n) is 9.66. The Morgan fingerprint density at radius 2 is 1.57 bits per heavy atom. The maximum atomic E-state index is 12.5. The number of amides is 2. The summed E-state index contributed by atoms with van der Waals surface area (Å²) < 4.78 is 0. The van der Waals surface area contributed by atoms with Gasteiger partial charge in [-0.05, 0) is 37.3 Å². The summed E-state index contributed by atoms with van der Waals surface area (Å²) in [6.45, 7) is 4.59. The molecule has 6 nitrogen and oxygen atoms in total. The molecule has 0 spiro atoms. The molecule has 0 atom stereocenters. The summed E-state index contributed by atoms with van der Waals surface area (Å²) in [5, 5.41) is 12.6. The van der Waals surface area contributed by atoms with E-state index in [0.717, 1.165) is 17.1 Å². The first-order chi connectivity index (χ1) is 14.5. The molecule has 0 unspecified atom stereocenters. The maximum absolute atomic E-state index is 12.5. The van der Waals surface area contributed by atoms with Gasteiger partial charge in [-0.15, -0.1) is 10.2 Å². The minimum absolute atomic E-state index is 0.172. The SMILES string of the molecule is Cc1ccc(-c2ccc(N3CCN(C(=O)Nc4cc(Cl)cc(Cl)c4)CC3)nn2)cc1. The number of hydrogen-bond acceptors (Lipinski definition) is 4. The monoisotopic (exact) mass is 441 g/mol. The molecule has 2 aromatic carbocycles. The van der Waals surface area contributed by atoms with Crippen LogP contribution in [0.3, 0.4) is 0 Å². The van der Waals surface area contributed by atoms with Crippen molar-refractivity contribution in [2.45, 2.75) is 6.92 Å². The highest BCUT2D eigenvalue weighted by Crippen LogP contribution is 2.23. The van der Waals surface area contributed by atoms with Crippen LogP contribution in [0.1, 0.15) is 5.56 Å². The Kier molecular flexibility index (Phi) is 6.06. The van der Waals surface area contributed by atoms with Crippen LogP contribution in [0.4, 0.5) is 16.3 Å². The number of aryl methyl sites for hydroxylation is 1. The summed E-state index contributed by atoms with van der Waals surface area (Å²) >= 11 is 12.0. The molecule has 0 bridgehead atoms. The molecule has 0 radical (unpaired) electrons. The number of aromatic nitrogens is 2. The van der Waals surface area contributed by atoms with Crippen molar-refractivity contribution in [2.75, 3.05) is 36.4 Å². The second-order valence-corrected chi connectivity index (χ2v) is 8.08. The zero-order chi connectivity index (χ0) is 21.1. The van der Waals surface area contributed by atoms with Crippen LogP contribution in [0.15, 0.2) is 54.6 Å². The third kappa shape index (κ3) is 4.83. The molecule has 1 saturated heterocycles. The minimum Gasteiger partial charge on any atom is -0.352 e. The van der Waals surface area contributed by atoms with Gasteiger partial charge >= 0.3 is 6.03 Å². The van der Waals surface area contributed by atoms with E-state index in [0.29, 0.717) is 41.9 Å². The summed E-state index contributed by atoms with van der Waals surface area (Å²) in [5.41, 5.74) is 3.68. The molecule has 1 fully saturated rings. The average Bonchev–Trinajstić information content (AvgIpc) is 2.74. The van der Waals surface area contributed by atoms with Gasteiger partial charge in [-0.25, -0.2) is 4.79 Å². The van der Waals surface area contributed by atoms with E-state index >= 15 is 0 Å². The van der Waals surface area contributed by atoms with Gasteiger partial charge in [-0.3, -0.25) is 0 Å². The first-order valence-corrected chi connectivity index (χ1v) is 10.4. The number of carbonyl (C=O) groups excluding carboxylic acids is 1. The lowest BCUT2D eigenvalue weighted by atomic mass is 10.1. The molecule has 2 amide bonds. The lowest BCUT2D eigenvalue weighted by Gasteiger charge is -2.35. The lowest BCUT2D eigenvalue weighted by Crippen LogP contribution is -2.50. The standard InChI is InChI=1S/C22H21Cl2N5O/c1-15-2-4-16(5-3-15)20-6-7-21(27-26-20)28-8-10-29(11-9-28)22(30)25-19-13-17(23)12-18(24)14-19/h2-7,12-14H,8-11H2,1H3,(H,25,30). The fraction of sp³-hybridized carbons (Fsp3) is 0.227. The Bertz CT molecular complexity index is 1010. The molecule has 8 heteroatoms. The average molecular weight is 442 g/mol. The van der Waals surface area contributed by atoms with Gasteiger partial charge in [0, 0.05) is 47.5 Å². The molecule has 4 rings (SSSR count). The number of nitrogens with one attached hydrogen (secondary N) is 1. The van der Waals surface area contributed by atoms with Crippen LogP contribution in [0.2, 0.25) is 10.0 Å². The van der Waals surface area contributed by atoms with Crippen molar-refractivity contribution in [3.05, 3.63) is 70.2 Å². The minimum atomic E-state index is -0.172. The van der Waals surface area contributed by atoms with Gasteiger partial charge in [0.15, 0.2) is 5.82 Å². The summed E-state index contributed by atoms with van der Waals surface area (Å²) in [4.78, 5) is 16.4. The van der Waals surface area contributed by atoms with Crippen molar-refractivity contribution in [2.24, 2.45) is 0 Å². The molecule has 2 heterocycles. The molecular weight excluding hydrogens is 421 g/mol. The van der Waals surface area contributed by atoms with E-state index in [2.05, 4.69) is 39.5 Å². The predicted octanol–water partition coefficient (Wildman–Crippen LogP) is 5.11. The Hall–Kier alpha value is -2.83. The quantitative estimate of drug-likeness (QED) is 0.612. The number of rotatable bonds is 3. The molecule has 0 aliphatic carbocycles. The smallest absolute Gasteiger partial charge is 0.321 e. The Balaban J connectivity index is 1.34. The molecule has 3 aromatic rings.